The van der Waals surface area contributed by atoms with Crippen LogP contribution in [0.4, 0.5) is 17.6 Å². The van der Waals surface area contributed by atoms with Crippen molar-refractivity contribution in [2.75, 3.05) is 26.2 Å². The predicted octanol–water partition coefficient (Wildman–Crippen LogP) is 4.01. The van der Waals surface area contributed by atoms with E-state index in [9.17, 15) is 17.6 Å². The minimum Gasteiger partial charge on any atom is -0.314 e. The molecule has 1 saturated heterocycles. The summed E-state index contributed by atoms with van der Waals surface area (Å²) < 4.78 is 53.7. The van der Waals surface area contributed by atoms with Gasteiger partial charge < -0.3 is 5.32 Å². The molecular weight excluding hydrogens is 332 g/mol. The SMILES string of the molecule is Cl.Fc1ccc(C(F)(F)F)c([C@@H](C2CCC2)N2CCNCC2)c1. The van der Waals surface area contributed by atoms with E-state index in [-0.39, 0.29) is 29.9 Å². The third-order valence-electron chi connectivity index (χ3n) is 4.78. The van der Waals surface area contributed by atoms with Gasteiger partial charge in [0.15, 0.2) is 0 Å². The number of piperazine rings is 1. The van der Waals surface area contributed by atoms with Crippen molar-refractivity contribution >= 4 is 12.4 Å². The molecule has 1 aromatic carbocycles. The Labute approximate surface area is 139 Å². The molecule has 2 nitrogen and oxygen atoms in total. The Morgan fingerprint density at radius 1 is 1.13 bits per heavy atom. The third-order valence-corrected chi connectivity index (χ3v) is 4.78. The van der Waals surface area contributed by atoms with E-state index in [1.165, 1.54) is 0 Å². The van der Waals surface area contributed by atoms with Crippen molar-refractivity contribution in [3.8, 4) is 0 Å². The van der Waals surface area contributed by atoms with Gasteiger partial charge in [-0.2, -0.15) is 13.2 Å². The lowest BCUT2D eigenvalue weighted by molar-refractivity contribution is -0.139. The first-order valence-electron chi connectivity index (χ1n) is 7.78. The van der Waals surface area contributed by atoms with E-state index in [1.54, 1.807) is 0 Å². The Hall–Kier alpha value is -0.850. The van der Waals surface area contributed by atoms with Gasteiger partial charge in [-0.3, -0.25) is 4.90 Å². The Morgan fingerprint density at radius 3 is 2.30 bits per heavy atom. The van der Waals surface area contributed by atoms with Gasteiger partial charge in [0.1, 0.15) is 5.82 Å². The average Bonchev–Trinajstić information content (AvgIpc) is 2.42. The van der Waals surface area contributed by atoms with Crippen molar-refractivity contribution < 1.29 is 17.6 Å². The number of nitrogens with one attached hydrogen (secondary N) is 1. The van der Waals surface area contributed by atoms with E-state index in [0.29, 0.717) is 13.1 Å². The number of halogens is 5. The number of alkyl halides is 3. The van der Waals surface area contributed by atoms with Gasteiger partial charge in [0, 0.05) is 32.2 Å². The van der Waals surface area contributed by atoms with Gasteiger partial charge in [-0.1, -0.05) is 6.42 Å². The quantitative estimate of drug-likeness (QED) is 0.827. The molecule has 0 radical (unpaired) electrons. The van der Waals surface area contributed by atoms with E-state index in [0.717, 1.165) is 50.6 Å². The largest absolute Gasteiger partial charge is 0.416 e. The van der Waals surface area contributed by atoms with Gasteiger partial charge in [-0.05, 0) is 42.5 Å². The molecule has 1 heterocycles. The van der Waals surface area contributed by atoms with Crippen LogP contribution in [-0.2, 0) is 6.18 Å². The van der Waals surface area contributed by atoms with Crippen molar-refractivity contribution in [3.63, 3.8) is 0 Å². The lowest BCUT2D eigenvalue weighted by Gasteiger charge is -2.44. The van der Waals surface area contributed by atoms with E-state index in [4.69, 9.17) is 0 Å². The zero-order valence-corrected chi connectivity index (χ0v) is 13.5. The molecule has 130 valence electrons. The molecule has 1 aliphatic heterocycles. The molecule has 0 unspecified atom stereocenters. The van der Waals surface area contributed by atoms with Crippen molar-refractivity contribution in [1.29, 1.82) is 0 Å². The third kappa shape index (κ3) is 3.98. The highest BCUT2D eigenvalue weighted by Crippen LogP contribution is 2.45. The van der Waals surface area contributed by atoms with E-state index in [2.05, 4.69) is 10.2 Å². The van der Waals surface area contributed by atoms with E-state index < -0.39 is 17.6 Å². The molecule has 1 aromatic rings. The topological polar surface area (TPSA) is 15.3 Å². The number of rotatable bonds is 3. The fraction of sp³-hybridized carbons (Fsp3) is 0.625. The fourth-order valence-corrected chi connectivity index (χ4v) is 3.50. The number of hydrogen-bond acceptors (Lipinski definition) is 2. The maximum atomic E-state index is 13.7. The van der Waals surface area contributed by atoms with Crippen molar-refractivity contribution in [2.45, 2.75) is 31.5 Å². The van der Waals surface area contributed by atoms with Crippen LogP contribution in [0, 0.1) is 11.7 Å². The Morgan fingerprint density at radius 2 is 1.78 bits per heavy atom. The molecular formula is C16H21ClF4N2. The summed E-state index contributed by atoms with van der Waals surface area (Å²) in [5, 5.41) is 3.21. The minimum atomic E-state index is -4.45. The summed E-state index contributed by atoms with van der Waals surface area (Å²) in [4.78, 5) is 2.09. The van der Waals surface area contributed by atoms with Crippen molar-refractivity contribution in [2.24, 2.45) is 5.92 Å². The normalized spacial score (nSPS) is 21.4. The predicted molar refractivity (Wildman–Crippen MR) is 83.2 cm³/mol. The van der Waals surface area contributed by atoms with E-state index >= 15 is 0 Å². The monoisotopic (exact) mass is 352 g/mol. The van der Waals surface area contributed by atoms with Gasteiger partial charge in [0.25, 0.3) is 0 Å². The molecule has 2 aliphatic rings. The zero-order valence-electron chi connectivity index (χ0n) is 12.7. The maximum absolute atomic E-state index is 13.7. The Kier molecular flexibility index (Phi) is 5.92. The summed E-state index contributed by atoms with van der Waals surface area (Å²) in [6.07, 6.45) is -1.56. The van der Waals surface area contributed by atoms with Gasteiger partial charge >= 0.3 is 6.18 Å². The number of benzene rings is 1. The van der Waals surface area contributed by atoms with Crippen molar-refractivity contribution in [3.05, 3.63) is 35.1 Å². The second kappa shape index (κ2) is 7.36. The van der Waals surface area contributed by atoms with Gasteiger partial charge in [-0.15, -0.1) is 12.4 Å². The molecule has 0 amide bonds. The van der Waals surface area contributed by atoms with Crippen LogP contribution >= 0.6 is 12.4 Å². The summed E-state index contributed by atoms with van der Waals surface area (Å²) in [5.41, 5.74) is -0.580. The minimum absolute atomic E-state index is 0. The van der Waals surface area contributed by atoms with Crippen LogP contribution in [0.2, 0.25) is 0 Å². The Balaban J connectivity index is 0.00000192. The first-order valence-corrected chi connectivity index (χ1v) is 7.78. The fourth-order valence-electron chi connectivity index (χ4n) is 3.50. The van der Waals surface area contributed by atoms with Crippen LogP contribution in [0.5, 0.6) is 0 Å². The second-order valence-electron chi connectivity index (χ2n) is 6.15. The first kappa shape index (κ1) is 18.5. The van der Waals surface area contributed by atoms with Crippen LogP contribution in [-0.4, -0.2) is 31.1 Å². The van der Waals surface area contributed by atoms with Crippen molar-refractivity contribution in [1.82, 2.24) is 10.2 Å². The smallest absolute Gasteiger partial charge is 0.314 e. The highest BCUT2D eigenvalue weighted by atomic mass is 35.5. The Bertz CT molecular complexity index is 525. The summed E-state index contributed by atoms with van der Waals surface area (Å²) >= 11 is 0. The average molecular weight is 353 g/mol. The van der Waals surface area contributed by atoms with Crippen LogP contribution in [0.3, 0.4) is 0 Å². The van der Waals surface area contributed by atoms with Crippen LogP contribution in [0.25, 0.3) is 0 Å². The molecule has 1 aliphatic carbocycles. The molecule has 3 rings (SSSR count). The maximum Gasteiger partial charge on any atom is 0.416 e. The number of hydrogen-bond donors (Lipinski definition) is 1. The summed E-state index contributed by atoms with van der Waals surface area (Å²) in [7, 11) is 0. The lowest BCUT2D eigenvalue weighted by Crippen LogP contribution is -2.48. The van der Waals surface area contributed by atoms with Crippen LogP contribution in [0.1, 0.15) is 36.4 Å². The molecule has 2 fully saturated rings. The summed E-state index contributed by atoms with van der Waals surface area (Å²) in [6.45, 7) is 2.93. The molecule has 0 bridgehead atoms. The molecule has 0 spiro atoms. The standard InChI is InChI=1S/C16H20F4N2.ClH/c17-12-4-5-14(16(18,19)20)13(10-12)15(11-2-1-3-11)22-8-6-21-7-9-22;/h4-5,10-11,15,21H,1-3,6-9H2;1H/t15-;/m1./s1. The summed E-state index contributed by atoms with van der Waals surface area (Å²) in [6, 6.07) is 2.55. The number of nitrogens with zero attached hydrogens (tertiary/aromatic N) is 1. The van der Waals surface area contributed by atoms with E-state index in [1.807, 2.05) is 0 Å². The van der Waals surface area contributed by atoms with Crippen LogP contribution < -0.4 is 5.32 Å². The first-order chi connectivity index (χ1) is 10.5. The van der Waals surface area contributed by atoms with Gasteiger partial charge in [-0.25, -0.2) is 4.39 Å². The van der Waals surface area contributed by atoms with Gasteiger partial charge in [0.2, 0.25) is 0 Å². The second-order valence-corrected chi connectivity index (χ2v) is 6.15. The lowest BCUT2D eigenvalue weighted by atomic mass is 9.75. The van der Waals surface area contributed by atoms with Crippen LogP contribution in [0.15, 0.2) is 18.2 Å². The van der Waals surface area contributed by atoms with Gasteiger partial charge in [0.05, 0.1) is 5.56 Å². The zero-order chi connectivity index (χ0) is 15.7. The molecule has 23 heavy (non-hydrogen) atoms. The molecule has 7 heteroatoms. The molecule has 1 saturated carbocycles. The highest BCUT2D eigenvalue weighted by Gasteiger charge is 2.41. The summed E-state index contributed by atoms with van der Waals surface area (Å²) in [5.74, 6) is -0.400. The molecule has 1 N–H and O–H groups in total. The molecule has 0 aromatic heterocycles. The highest BCUT2D eigenvalue weighted by molar-refractivity contribution is 5.85. The molecule has 1 atom stereocenters.